The SMILES string of the molecule is Cn1c(CO)nn(CN2CC3CCC2C3)c1=S. The summed E-state index contributed by atoms with van der Waals surface area (Å²) in [6.07, 6.45) is 4.04. The molecule has 2 bridgehead atoms. The summed E-state index contributed by atoms with van der Waals surface area (Å²) in [6, 6.07) is 0.724. The molecule has 2 unspecified atom stereocenters. The summed E-state index contributed by atoms with van der Waals surface area (Å²) in [5, 5.41) is 13.5. The molecule has 1 aliphatic heterocycles. The van der Waals surface area contributed by atoms with Crippen LogP contribution in [0, 0.1) is 10.7 Å². The molecule has 0 aromatic carbocycles. The van der Waals surface area contributed by atoms with Gasteiger partial charge in [0.2, 0.25) is 0 Å². The summed E-state index contributed by atoms with van der Waals surface area (Å²) in [4.78, 5) is 2.47. The van der Waals surface area contributed by atoms with E-state index < -0.39 is 0 Å². The molecule has 2 fully saturated rings. The standard InChI is InChI=1S/C11H18N4OS/c1-13-10(6-16)12-15(11(13)17)7-14-5-8-2-3-9(14)4-8/h8-9,16H,2-7H2,1H3. The number of hydrogen-bond donors (Lipinski definition) is 1. The summed E-state index contributed by atoms with van der Waals surface area (Å²) >= 11 is 5.33. The molecular weight excluding hydrogens is 236 g/mol. The number of aromatic nitrogens is 3. The number of aliphatic hydroxyl groups excluding tert-OH is 1. The molecule has 1 saturated carbocycles. The summed E-state index contributed by atoms with van der Waals surface area (Å²) in [6.45, 7) is 1.89. The van der Waals surface area contributed by atoms with Crippen LogP contribution in [0.3, 0.4) is 0 Å². The van der Waals surface area contributed by atoms with Gasteiger partial charge >= 0.3 is 0 Å². The largest absolute Gasteiger partial charge is 0.388 e. The van der Waals surface area contributed by atoms with Gasteiger partial charge in [-0.15, -0.1) is 0 Å². The van der Waals surface area contributed by atoms with Crippen LogP contribution in [0.25, 0.3) is 0 Å². The van der Waals surface area contributed by atoms with Crippen molar-refractivity contribution in [2.45, 2.75) is 38.6 Å². The van der Waals surface area contributed by atoms with Crippen molar-refractivity contribution in [2.24, 2.45) is 13.0 Å². The Morgan fingerprint density at radius 2 is 2.29 bits per heavy atom. The highest BCUT2D eigenvalue weighted by Gasteiger charge is 2.37. The molecule has 1 aromatic heterocycles. The quantitative estimate of drug-likeness (QED) is 0.814. The van der Waals surface area contributed by atoms with Crippen LogP contribution in [0.15, 0.2) is 0 Å². The van der Waals surface area contributed by atoms with E-state index in [0.29, 0.717) is 10.6 Å². The number of piperidine rings is 1. The van der Waals surface area contributed by atoms with Crippen molar-refractivity contribution in [3.05, 3.63) is 10.6 Å². The minimum atomic E-state index is -0.0564. The van der Waals surface area contributed by atoms with E-state index >= 15 is 0 Å². The fourth-order valence-electron chi connectivity index (χ4n) is 3.13. The molecule has 1 N–H and O–H groups in total. The van der Waals surface area contributed by atoms with Gasteiger partial charge < -0.3 is 9.67 Å². The Hall–Kier alpha value is -0.720. The van der Waals surface area contributed by atoms with E-state index in [9.17, 15) is 0 Å². The first-order chi connectivity index (χ1) is 8.19. The maximum atomic E-state index is 9.17. The smallest absolute Gasteiger partial charge is 0.198 e. The molecule has 17 heavy (non-hydrogen) atoms. The fraction of sp³-hybridized carbons (Fsp3) is 0.818. The van der Waals surface area contributed by atoms with Crippen LogP contribution >= 0.6 is 12.2 Å². The maximum Gasteiger partial charge on any atom is 0.198 e. The molecule has 2 atom stereocenters. The zero-order chi connectivity index (χ0) is 12.0. The van der Waals surface area contributed by atoms with Gasteiger partial charge in [-0.3, -0.25) is 4.90 Å². The lowest BCUT2D eigenvalue weighted by Crippen LogP contribution is -2.34. The van der Waals surface area contributed by atoms with Crippen molar-refractivity contribution in [3.63, 3.8) is 0 Å². The molecule has 1 aromatic rings. The van der Waals surface area contributed by atoms with E-state index in [2.05, 4.69) is 10.00 Å². The van der Waals surface area contributed by atoms with Crippen LogP contribution in [-0.2, 0) is 20.3 Å². The molecule has 94 valence electrons. The molecule has 0 radical (unpaired) electrons. The van der Waals surface area contributed by atoms with Gasteiger partial charge in [0.05, 0.1) is 6.67 Å². The van der Waals surface area contributed by atoms with Crippen molar-refractivity contribution >= 4 is 12.2 Å². The Morgan fingerprint density at radius 3 is 2.82 bits per heavy atom. The highest BCUT2D eigenvalue weighted by molar-refractivity contribution is 7.71. The molecule has 3 rings (SSSR count). The van der Waals surface area contributed by atoms with Crippen molar-refractivity contribution in [2.75, 3.05) is 6.54 Å². The molecule has 0 spiro atoms. The van der Waals surface area contributed by atoms with Crippen LogP contribution in [0.4, 0.5) is 0 Å². The van der Waals surface area contributed by atoms with Crippen LogP contribution < -0.4 is 0 Å². The predicted octanol–water partition coefficient (Wildman–Crippen LogP) is 0.885. The Kier molecular flexibility index (Phi) is 2.80. The third-order valence-corrected chi connectivity index (χ3v) is 4.60. The summed E-state index contributed by atoms with van der Waals surface area (Å²) < 4.78 is 4.31. The lowest BCUT2D eigenvalue weighted by Gasteiger charge is -2.26. The minimum Gasteiger partial charge on any atom is -0.388 e. The van der Waals surface area contributed by atoms with Gasteiger partial charge in [0, 0.05) is 19.6 Å². The first-order valence-electron chi connectivity index (χ1n) is 6.16. The molecule has 0 amide bonds. The Labute approximate surface area is 106 Å². The Balaban J connectivity index is 1.79. The summed E-state index contributed by atoms with van der Waals surface area (Å²) in [5.74, 6) is 1.52. The van der Waals surface area contributed by atoms with Gasteiger partial charge in [-0.1, -0.05) is 0 Å². The van der Waals surface area contributed by atoms with Crippen LogP contribution in [0.5, 0.6) is 0 Å². The molecule has 1 aliphatic carbocycles. The van der Waals surface area contributed by atoms with Crippen LogP contribution in [0.2, 0.25) is 0 Å². The second-order valence-corrected chi connectivity index (χ2v) is 5.53. The normalized spacial score (nSPS) is 28.1. The van der Waals surface area contributed by atoms with Gasteiger partial charge in [0.1, 0.15) is 6.61 Å². The van der Waals surface area contributed by atoms with Gasteiger partial charge in [0.25, 0.3) is 0 Å². The van der Waals surface area contributed by atoms with E-state index in [1.165, 1.54) is 25.8 Å². The number of likely N-dealkylation sites (tertiary alicyclic amines) is 1. The van der Waals surface area contributed by atoms with Crippen LogP contribution in [-0.4, -0.2) is 36.9 Å². The highest BCUT2D eigenvalue weighted by atomic mass is 32.1. The summed E-state index contributed by atoms with van der Waals surface area (Å²) in [7, 11) is 1.85. The fourth-order valence-corrected chi connectivity index (χ4v) is 3.34. The van der Waals surface area contributed by atoms with E-state index in [4.69, 9.17) is 17.3 Å². The zero-order valence-corrected chi connectivity index (χ0v) is 10.9. The Bertz CT molecular complexity index is 480. The highest BCUT2D eigenvalue weighted by Crippen LogP contribution is 2.37. The predicted molar refractivity (Wildman–Crippen MR) is 65.8 cm³/mol. The number of fused-ring (bicyclic) bond motifs is 2. The lowest BCUT2D eigenvalue weighted by molar-refractivity contribution is 0.157. The third-order valence-electron chi connectivity index (χ3n) is 4.11. The Morgan fingerprint density at radius 1 is 1.47 bits per heavy atom. The van der Waals surface area contributed by atoms with Crippen molar-refractivity contribution in [1.82, 2.24) is 19.2 Å². The van der Waals surface area contributed by atoms with E-state index in [-0.39, 0.29) is 6.61 Å². The molecule has 6 heteroatoms. The third kappa shape index (κ3) is 1.84. The molecule has 2 heterocycles. The first kappa shape index (κ1) is 11.4. The number of aliphatic hydroxyl groups is 1. The molecule has 5 nitrogen and oxygen atoms in total. The zero-order valence-electron chi connectivity index (χ0n) is 10.0. The van der Waals surface area contributed by atoms with Crippen molar-refractivity contribution < 1.29 is 5.11 Å². The number of hydrogen-bond acceptors (Lipinski definition) is 4. The van der Waals surface area contributed by atoms with E-state index in [1.807, 2.05) is 11.7 Å². The average molecular weight is 254 g/mol. The molecule has 1 saturated heterocycles. The van der Waals surface area contributed by atoms with Gasteiger partial charge in [0.15, 0.2) is 10.6 Å². The second-order valence-electron chi connectivity index (χ2n) is 5.16. The van der Waals surface area contributed by atoms with Gasteiger partial charge in [-0.25, -0.2) is 4.68 Å². The van der Waals surface area contributed by atoms with Crippen molar-refractivity contribution in [1.29, 1.82) is 0 Å². The average Bonchev–Trinajstić information content (AvgIpc) is 2.99. The van der Waals surface area contributed by atoms with E-state index in [1.54, 1.807) is 4.57 Å². The number of rotatable bonds is 3. The second kappa shape index (κ2) is 4.19. The maximum absolute atomic E-state index is 9.17. The lowest BCUT2D eigenvalue weighted by atomic mass is 10.1. The van der Waals surface area contributed by atoms with Gasteiger partial charge in [-0.2, -0.15) is 5.10 Å². The topological polar surface area (TPSA) is 46.2 Å². The monoisotopic (exact) mass is 254 g/mol. The first-order valence-corrected chi connectivity index (χ1v) is 6.57. The molecular formula is C11H18N4OS. The minimum absolute atomic E-state index is 0.0564. The van der Waals surface area contributed by atoms with Crippen LogP contribution in [0.1, 0.15) is 25.1 Å². The number of nitrogens with zero attached hydrogens (tertiary/aromatic N) is 4. The van der Waals surface area contributed by atoms with Gasteiger partial charge in [-0.05, 0) is 37.4 Å². The molecule has 2 aliphatic rings. The summed E-state index contributed by atoms with van der Waals surface area (Å²) in [5.41, 5.74) is 0. The van der Waals surface area contributed by atoms with E-state index in [0.717, 1.165) is 18.6 Å². The van der Waals surface area contributed by atoms with Crippen molar-refractivity contribution in [3.8, 4) is 0 Å².